The molecule has 2 rings (SSSR count). The molecule has 1 heterocycles. The van der Waals surface area contributed by atoms with E-state index in [0.29, 0.717) is 24.0 Å². The van der Waals surface area contributed by atoms with Crippen LogP contribution in [-0.4, -0.2) is 76.9 Å². The van der Waals surface area contributed by atoms with Gasteiger partial charge in [0.1, 0.15) is 24.4 Å². The average Bonchev–Trinajstić information content (AvgIpc) is 2.57. The molecule has 25 heavy (non-hydrogen) atoms. The number of carbonyl (C=O) groups excluding carboxylic acids is 1. The van der Waals surface area contributed by atoms with Crippen LogP contribution in [0, 0.1) is 5.41 Å². The monoisotopic (exact) mass is 360 g/mol. The second kappa shape index (κ2) is 7.69. The van der Waals surface area contributed by atoms with E-state index < -0.39 is 49.4 Å². The molecule has 0 bridgehead atoms. The Hall–Kier alpha value is -1.03. The predicted molar refractivity (Wildman–Crippen MR) is 86.4 cm³/mol. The van der Waals surface area contributed by atoms with Crippen molar-refractivity contribution in [3.05, 3.63) is 11.1 Å². The van der Waals surface area contributed by atoms with Crippen molar-refractivity contribution in [3.63, 3.8) is 0 Å². The van der Waals surface area contributed by atoms with E-state index in [4.69, 9.17) is 14.2 Å². The van der Waals surface area contributed by atoms with Gasteiger partial charge in [0, 0.05) is 5.57 Å². The average molecular weight is 360 g/mol. The highest BCUT2D eigenvalue weighted by Crippen LogP contribution is 2.42. The first-order valence-corrected chi connectivity index (χ1v) is 8.39. The standard InChI is InChI=1S/C17H28O8/c1-8-9(5-6-17(2,3)11(8)15(22)23-4)24-16-14(21)13(20)12(19)10(7-18)25-16/h9-10,12-14,16,18-21H,5-7H2,1-4H3/t9-,10-,12-,13+,14-,16-/m1/s1. The number of rotatable bonds is 4. The van der Waals surface area contributed by atoms with E-state index in [9.17, 15) is 25.2 Å². The van der Waals surface area contributed by atoms with Crippen molar-refractivity contribution in [2.45, 2.75) is 70.4 Å². The Morgan fingerprint density at radius 3 is 2.44 bits per heavy atom. The third-order valence-corrected chi connectivity index (χ3v) is 5.12. The van der Waals surface area contributed by atoms with Crippen LogP contribution in [0.25, 0.3) is 0 Å². The van der Waals surface area contributed by atoms with Crippen molar-refractivity contribution in [1.29, 1.82) is 0 Å². The summed E-state index contributed by atoms with van der Waals surface area (Å²) in [6, 6.07) is 0. The van der Waals surface area contributed by atoms with Crippen LogP contribution in [0.5, 0.6) is 0 Å². The van der Waals surface area contributed by atoms with Crippen LogP contribution in [0.2, 0.25) is 0 Å². The van der Waals surface area contributed by atoms with E-state index in [1.807, 2.05) is 13.8 Å². The van der Waals surface area contributed by atoms with Gasteiger partial charge in [-0.2, -0.15) is 0 Å². The molecule has 0 radical (unpaired) electrons. The lowest BCUT2D eigenvalue weighted by Gasteiger charge is -2.43. The Balaban J connectivity index is 2.23. The summed E-state index contributed by atoms with van der Waals surface area (Å²) in [6.07, 6.45) is -5.92. The van der Waals surface area contributed by atoms with Crippen LogP contribution < -0.4 is 0 Å². The van der Waals surface area contributed by atoms with Crippen LogP contribution in [0.1, 0.15) is 33.6 Å². The first-order valence-electron chi connectivity index (χ1n) is 8.39. The lowest BCUT2D eigenvalue weighted by molar-refractivity contribution is -0.309. The van der Waals surface area contributed by atoms with E-state index in [0.717, 1.165) is 0 Å². The summed E-state index contributed by atoms with van der Waals surface area (Å²) in [5, 5.41) is 39.1. The lowest BCUT2D eigenvalue weighted by Crippen LogP contribution is -2.59. The normalized spacial score (nSPS) is 38.6. The molecule has 0 unspecified atom stereocenters. The molecule has 8 nitrogen and oxygen atoms in total. The minimum absolute atomic E-state index is 0.369. The van der Waals surface area contributed by atoms with Crippen molar-refractivity contribution < 1.29 is 39.4 Å². The topological polar surface area (TPSA) is 126 Å². The van der Waals surface area contributed by atoms with Gasteiger partial charge in [-0.1, -0.05) is 13.8 Å². The fraction of sp³-hybridized carbons (Fsp3) is 0.824. The van der Waals surface area contributed by atoms with E-state index in [1.54, 1.807) is 6.92 Å². The molecule has 1 fully saturated rings. The summed E-state index contributed by atoms with van der Waals surface area (Å²) in [5.41, 5.74) is 0.836. The molecule has 6 atom stereocenters. The molecule has 0 aromatic rings. The van der Waals surface area contributed by atoms with E-state index in [1.165, 1.54) is 7.11 Å². The van der Waals surface area contributed by atoms with E-state index >= 15 is 0 Å². The zero-order valence-corrected chi connectivity index (χ0v) is 15.0. The van der Waals surface area contributed by atoms with Crippen molar-refractivity contribution in [2.75, 3.05) is 13.7 Å². The fourth-order valence-corrected chi connectivity index (χ4v) is 3.58. The van der Waals surface area contributed by atoms with Crippen LogP contribution in [-0.2, 0) is 19.0 Å². The van der Waals surface area contributed by atoms with Crippen LogP contribution >= 0.6 is 0 Å². The Morgan fingerprint density at radius 1 is 1.24 bits per heavy atom. The van der Waals surface area contributed by atoms with Gasteiger partial charge in [-0.3, -0.25) is 0 Å². The van der Waals surface area contributed by atoms with Gasteiger partial charge in [-0.25, -0.2) is 4.79 Å². The summed E-state index contributed by atoms with van der Waals surface area (Å²) in [5.74, 6) is -0.426. The Kier molecular flexibility index (Phi) is 6.24. The van der Waals surface area contributed by atoms with E-state index in [2.05, 4.69) is 0 Å². The SMILES string of the molecule is COC(=O)C1=C(C)[C@H](O[C@@H]2O[C@H](CO)[C@@H](O)[C@H](O)[C@H]2O)CCC1(C)C. The van der Waals surface area contributed by atoms with Crippen LogP contribution in [0.3, 0.4) is 0 Å². The molecular formula is C17H28O8. The Morgan fingerprint density at radius 2 is 1.88 bits per heavy atom. The molecule has 0 spiro atoms. The number of carbonyl (C=O) groups is 1. The number of methoxy groups -OCH3 is 1. The third-order valence-electron chi connectivity index (χ3n) is 5.12. The van der Waals surface area contributed by atoms with Crippen LogP contribution in [0.15, 0.2) is 11.1 Å². The summed E-state index contributed by atoms with van der Waals surface area (Å²) >= 11 is 0. The molecule has 4 N–H and O–H groups in total. The number of hydrogen-bond donors (Lipinski definition) is 4. The molecular weight excluding hydrogens is 332 g/mol. The molecule has 1 aliphatic heterocycles. The molecule has 144 valence electrons. The Bertz CT molecular complexity index is 527. The molecule has 1 aliphatic carbocycles. The van der Waals surface area contributed by atoms with Crippen molar-refractivity contribution in [3.8, 4) is 0 Å². The van der Waals surface area contributed by atoms with Gasteiger partial charge in [-0.15, -0.1) is 0 Å². The van der Waals surface area contributed by atoms with E-state index in [-0.39, 0.29) is 5.41 Å². The number of aliphatic hydroxyl groups is 4. The first kappa shape index (κ1) is 20.3. The zero-order chi connectivity index (χ0) is 18.9. The number of esters is 1. The fourth-order valence-electron chi connectivity index (χ4n) is 3.58. The second-order valence-electron chi connectivity index (χ2n) is 7.29. The highest BCUT2D eigenvalue weighted by atomic mass is 16.7. The quantitative estimate of drug-likeness (QED) is 0.494. The summed E-state index contributed by atoms with van der Waals surface area (Å²) < 4.78 is 16.1. The summed E-state index contributed by atoms with van der Waals surface area (Å²) in [7, 11) is 1.32. The highest BCUT2D eigenvalue weighted by Gasteiger charge is 2.46. The maximum absolute atomic E-state index is 12.2. The van der Waals surface area contributed by atoms with Crippen molar-refractivity contribution >= 4 is 5.97 Å². The molecule has 8 heteroatoms. The maximum atomic E-state index is 12.2. The zero-order valence-electron chi connectivity index (χ0n) is 15.0. The van der Waals surface area contributed by atoms with Gasteiger partial charge in [0.2, 0.25) is 0 Å². The van der Waals surface area contributed by atoms with Gasteiger partial charge < -0.3 is 34.6 Å². The third kappa shape index (κ3) is 3.89. The predicted octanol–water partition coefficient (Wildman–Crippen LogP) is -0.519. The smallest absolute Gasteiger partial charge is 0.334 e. The number of ether oxygens (including phenoxy) is 3. The van der Waals surface area contributed by atoms with Gasteiger partial charge in [-0.05, 0) is 30.8 Å². The van der Waals surface area contributed by atoms with Gasteiger partial charge in [0.15, 0.2) is 6.29 Å². The Labute approximate surface area is 147 Å². The lowest BCUT2D eigenvalue weighted by atomic mass is 9.71. The number of hydrogen-bond acceptors (Lipinski definition) is 8. The highest BCUT2D eigenvalue weighted by molar-refractivity contribution is 5.91. The largest absolute Gasteiger partial charge is 0.466 e. The molecule has 0 aromatic heterocycles. The van der Waals surface area contributed by atoms with Crippen molar-refractivity contribution in [1.82, 2.24) is 0 Å². The molecule has 1 saturated heterocycles. The van der Waals surface area contributed by atoms with Gasteiger partial charge in [0.05, 0.1) is 19.8 Å². The van der Waals surface area contributed by atoms with Crippen molar-refractivity contribution in [2.24, 2.45) is 5.41 Å². The second-order valence-corrected chi connectivity index (χ2v) is 7.29. The molecule has 2 aliphatic rings. The maximum Gasteiger partial charge on any atom is 0.334 e. The summed E-state index contributed by atoms with van der Waals surface area (Å²) in [4.78, 5) is 12.2. The first-order chi connectivity index (χ1) is 11.6. The minimum Gasteiger partial charge on any atom is -0.466 e. The molecule has 0 amide bonds. The van der Waals surface area contributed by atoms with Gasteiger partial charge >= 0.3 is 5.97 Å². The molecule has 0 aromatic carbocycles. The summed E-state index contributed by atoms with van der Waals surface area (Å²) in [6.45, 7) is 5.15. The minimum atomic E-state index is -1.50. The number of aliphatic hydroxyl groups excluding tert-OH is 4. The molecule has 0 saturated carbocycles. The van der Waals surface area contributed by atoms with Gasteiger partial charge in [0.25, 0.3) is 0 Å². The van der Waals surface area contributed by atoms with Crippen LogP contribution in [0.4, 0.5) is 0 Å².